The second-order valence-electron chi connectivity index (χ2n) is 6.76. The van der Waals surface area contributed by atoms with Crippen LogP contribution in [0.25, 0.3) is 17.1 Å². The summed E-state index contributed by atoms with van der Waals surface area (Å²) in [6.45, 7) is 0. The van der Waals surface area contributed by atoms with Crippen molar-refractivity contribution in [1.82, 2.24) is 4.57 Å². The minimum atomic E-state index is -1.07. The molecule has 0 fully saturated rings. The van der Waals surface area contributed by atoms with Crippen LogP contribution in [0.5, 0.6) is 0 Å². The van der Waals surface area contributed by atoms with Crippen molar-refractivity contribution >= 4 is 40.4 Å². The van der Waals surface area contributed by atoms with Crippen molar-refractivity contribution < 1.29 is 19.1 Å². The molecule has 0 unspecified atom stereocenters. The Morgan fingerprint density at radius 1 is 1.07 bits per heavy atom. The zero-order valence-electron chi connectivity index (χ0n) is 15.6. The maximum Gasteiger partial charge on any atom is 0.335 e. The maximum absolute atomic E-state index is 13.3. The third-order valence-corrected chi connectivity index (χ3v) is 4.91. The number of benzene rings is 2. The average Bonchev–Trinajstić information content (AvgIpc) is 3.49. The number of carbonyl (C=O) groups is 2. The van der Waals surface area contributed by atoms with Crippen molar-refractivity contribution in [3.05, 3.63) is 96.1 Å². The van der Waals surface area contributed by atoms with Crippen LogP contribution in [0.15, 0.2) is 94.5 Å². The number of hydrazone groups is 1. The number of carboxylic acid groups (broad SMARTS) is 1. The lowest BCUT2D eigenvalue weighted by molar-refractivity contribution is -0.114. The number of amides is 1. The molecular formula is C23H15N3O4. The highest BCUT2D eigenvalue weighted by Crippen LogP contribution is 2.28. The Morgan fingerprint density at radius 2 is 1.93 bits per heavy atom. The van der Waals surface area contributed by atoms with Gasteiger partial charge in [-0.3, -0.25) is 4.79 Å². The normalized spacial score (nSPS) is 15.2. The SMILES string of the molecule is O=C(O)c1cccc(N2N=C(c3ccoc3)C(=Cn3ccc4ccccc43)C2=O)c1. The van der Waals surface area contributed by atoms with Crippen LogP contribution in [0, 0.1) is 0 Å². The van der Waals surface area contributed by atoms with Gasteiger partial charge in [-0.2, -0.15) is 10.1 Å². The zero-order chi connectivity index (χ0) is 20.7. The number of aromatic nitrogens is 1. The molecule has 1 N–H and O–H groups in total. The Morgan fingerprint density at radius 3 is 2.73 bits per heavy atom. The van der Waals surface area contributed by atoms with Crippen LogP contribution in [-0.4, -0.2) is 27.3 Å². The lowest BCUT2D eigenvalue weighted by Crippen LogP contribution is -2.22. The number of aromatic carboxylic acids is 1. The van der Waals surface area contributed by atoms with E-state index in [2.05, 4.69) is 5.10 Å². The van der Waals surface area contributed by atoms with Gasteiger partial charge in [0.15, 0.2) is 0 Å². The number of carboxylic acids is 1. The minimum Gasteiger partial charge on any atom is -0.478 e. The molecule has 0 saturated carbocycles. The molecule has 3 heterocycles. The Balaban J connectivity index is 1.64. The predicted octanol–water partition coefficient (Wildman–Crippen LogP) is 4.22. The van der Waals surface area contributed by atoms with E-state index in [1.54, 1.807) is 24.4 Å². The summed E-state index contributed by atoms with van der Waals surface area (Å²) in [6.07, 6.45) is 6.65. The molecule has 0 bridgehead atoms. The highest BCUT2D eigenvalue weighted by Gasteiger charge is 2.33. The molecule has 0 atom stereocenters. The number of para-hydroxylation sites is 1. The number of rotatable bonds is 4. The Hall–Kier alpha value is -4.39. The molecule has 2 aromatic carbocycles. The quantitative estimate of drug-likeness (QED) is 0.522. The van der Waals surface area contributed by atoms with Gasteiger partial charge >= 0.3 is 5.97 Å². The topological polar surface area (TPSA) is 88.0 Å². The van der Waals surface area contributed by atoms with Crippen LogP contribution in [-0.2, 0) is 4.79 Å². The highest BCUT2D eigenvalue weighted by atomic mass is 16.4. The summed E-state index contributed by atoms with van der Waals surface area (Å²) < 4.78 is 7.06. The standard InChI is InChI=1S/C23H15N3O4/c27-22-19(13-25-10-8-15-4-1-2-7-20(15)25)21(17-9-11-30-14-17)24-26(22)18-6-3-5-16(12-18)23(28)29/h1-14H,(H,28,29). The van der Waals surface area contributed by atoms with Gasteiger partial charge in [-0.25, -0.2) is 4.79 Å². The van der Waals surface area contributed by atoms with Crippen molar-refractivity contribution in [1.29, 1.82) is 0 Å². The molecule has 2 aromatic heterocycles. The average molecular weight is 397 g/mol. The molecule has 0 spiro atoms. The Labute approximate surface area is 170 Å². The summed E-state index contributed by atoms with van der Waals surface area (Å²) in [4.78, 5) is 24.6. The molecule has 1 aliphatic rings. The van der Waals surface area contributed by atoms with Gasteiger partial charge in [-0.15, -0.1) is 0 Å². The van der Waals surface area contributed by atoms with Gasteiger partial charge in [-0.05, 0) is 41.8 Å². The van der Waals surface area contributed by atoms with Crippen LogP contribution in [0.4, 0.5) is 5.69 Å². The van der Waals surface area contributed by atoms with E-state index in [0.717, 1.165) is 10.9 Å². The van der Waals surface area contributed by atoms with Crippen LogP contribution in [0.2, 0.25) is 0 Å². The van der Waals surface area contributed by atoms with E-state index in [1.807, 2.05) is 41.1 Å². The third-order valence-electron chi connectivity index (χ3n) is 4.91. The summed E-state index contributed by atoms with van der Waals surface area (Å²) in [7, 11) is 0. The maximum atomic E-state index is 13.3. The first-order chi connectivity index (χ1) is 14.6. The highest BCUT2D eigenvalue weighted by molar-refractivity contribution is 6.37. The van der Waals surface area contributed by atoms with E-state index in [1.165, 1.54) is 29.7 Å². The fourth-order valence-electron chi connectivity index (χ4n) is 3.45. The molecule has 5 rings (SSSR count). The smallest absolute Gasteiger partial charge is 0.335 e. The molecule has 4 aromatic rings. The molecule has 7 heteroatoms. The first-order valence-electron chi connectivity index (χ1n) is 9.18. The number of anilines is 1. The van der Waals surface area contributed by atoms with Crippen LogP contribution >= 0.6 is 0 Å². The van der Waals surface area contributed by atoms with Gasteiger partial charge in [0.1, 0.15) is 5.71 Å². The first-order valence-corrected chi connectivity index (χ1v) is 9.18. The van der Waals surface area contributed by atoms with E-state index in [9.17, 15) is 14.7 Å². The van der Waals surface area contributed by atoms with E-state index >= 15 is 0 Å². The van der Waals surface area contributed by atoms with Crippen LogP contribution in [0.3, 0.4) is 0 Å². The molecule has 7 nitrogen and oxygen atoms in total. The van der Waals surface area contributed by atoms with Gasteiger partial charge in [0.25, 0.3) is 5.91 Å². The lowest BCUT2D eigenvalue weighted by atomic mass is 10.1. The van der Waals surface area contributed by atoms with E-state index in [-0.39, 0.29) is 11.5 Å². The van der Waals surface area contributed by atoms with Gasteiger partial charge in [0, 0.05) is 18.0 Å². The van der Waals surface area contributed by atoms with Crippen LogP contribution < -0.4 is 5.01 Å². The summed E-state index contributed by atoms with van der Waals surface area (Å²) in [5, 5.41) is 16.0. The van der Waals surface area contributed by atoms with Gasteiger partial charge in [0.2, 0.25) is 0 Å². The molecule has 0 saturated heterocycles. The Kier molecular flexibility index (Phi) is 4.07. The number of fused-ring (bicyclic) bond motifs is 1. The predicted molar refractivity (Wildman–Crippen MR) is 112 cm³/mol. The number of hydrogen-bond donors (Lipinski definition) is 1. The Bertz CT molecular complexity index is 1350. The summed E-state index contributed by atoms with van der Waals surface area (Å²) >= 11 is 0. The fourth-order valence-corrected chi connectivity index (χ4v) is 3.45. The minimum absolute atomic E-state index is 0.0780. The largest absolute Gasteiger partial charge is 0.478 e. The zero-order valence-corrected chi connectivity index (χ0v) is 15.6. The van der Waals surface area contributed by atoms with E-state index in [4.69, 9.17) is 4.42 Å². The monoisotopic (exact) mass is 397 g/mol. The number of hydrogen-bond acceptors (Lipinski definition) is 4. The molecule has 0 aliphatic carbocycles. The molecule has 1 amide bonds. The summed E-state index contributed by atoms with van der Waals surface area (Å²) in [5.74, 6) is -1.43. The van der Waals surface area contributed by atoms with Crippen molar-refractivity contribution in [2.24, 2.45) is 5.10 Å². The molecule has 1 aliphatic heterocycles. The molecule has 146 valence electrons. The second kappa shape index (κ2) is 6.89. The third kappa shape index (κ3) is 2.89. The fraction of sp³-hybridized carbons (Fsp3) is 0. The summed E-state index contributed by atoms with van der Waals surface area (Å²) in [6, 6.07) is 17.7. The molecule has 30 heavy (non-hydrogen) atoms. The van der Waals surface area contributed by atoms with Crippen molar-refractivity contribution in [2.75, 3.05) is 5.01 Å². The van der Waals surface area contributed by atoms with Gasteiger partial charge in [-0.1, -0.05) is 24.3 Å². The van der Waals surface area contributed by atoms with Gasteiger partial charge in [0.05, 0.1) is 34.9 Å². The first kappa shape index (κ1) is 17.7. The summed E-state index contributed by atoms with van der Waals surface area (Å²) in [5.41, 5.74) is 2.89. The van der Waals surface area contributed by atoms with E-state index < -0.39 is 5.97 Å². The lowest BCUT2D eigenvalue weighted by Gasteiger charge is -2.12. The number of furan rings is 1. The van der Waals surface area contributed by atoms with Crippen LogP contribution in [0.1, 0.15) is 15.9 Å². The second-order valence-corrected chi connectivity index (χ2v) is 6.76. The van der Waals surface area contributed by atoms with Gasteiger partial charge < -0.3 is 14.1 Å². The van der Waals surface area contributed by atoms with Crippen molar-refractivity contribution in [2.45, 2.75) is 0 Å². The molecule has 0 radical (unpaired) electrons. The van der Waals surface area contributed by atoms with Crippen molar-refractivity contribution in [3.8, 4) is 0 Å². The van der Waals surface area contributed by atoms with E-state index in [0.29, 0.717) is 22.5 Å². The number of nitrogens with zero attached hydrogens (tertiary/aromatic N) is 3. The number of carbonyl (C=O) groups excluding carboxylic acids is 1. The molecular weight excluding hydrogens is 382 g/mol. The van der Waals surface area contributed by atoms with Crippen molar-refractivity contribution in [3.63, 3.8) is 0 Å².